The summed E-state index contributed by atoms with van der Waals surface area (Å²) in [5.74, 6) is 2.07. The van der Waals surface area contributed by atoms with Crippen LogP contribution in [0, 0.1) is 0 Å². The van der Waals surface area contributed by atoms with Gasteiger partial charge < -0.3 is 29.6 Å². The molecule has 4 aromatic rings. The molecule has 0 bridgehead atoms. The molecule has 0 aliphatic carbocycles. The van der Waals surface area contributed by atoms with Gasteiger partial charge in [-0.05, 0) is 35.7 Å². The number of carbonyl (C=O) groups excluding carboxylic acids is 2. The Morgan fingerprint density at radius 1 is 0.861 bits per heavy atom. The number of nitrogens with zero attached hydrogens (tertiary/aromatic N) is 1. The van der Waals surface area contributed by atoms with Crippen molar-refractivity contribution < 1.29 is 28.5 Å². The van der Waals surface area contributed by atoms with E-state index < -0.39 is 6.03 Å². The molecule has 11 heteroatoms. The van der Waals surface area contributed by atoms with E-state index in [0.29, 0.717) is 39.4 Å². The van der Waals surface area contributed by atoms with Crippen molar-refractivity contribution >= 4 is 44.0 Å². The molecule has 0 fully saturated rings. The molecule has 3 N–H and O–H groups in total. The monoisotopic (exact) mass is 508 g/mol. The van der Waals surface area contributed by atoms with Gasteiger partial charge in [0.1, 0.15) is 17.2 Å². The highest BCUT2D eigenvalue weighted by atomic mass is 32.1. The first-order chi connectivity index (χ1) is 17.4. The number of methoxy groups -OCH3 is 3. The Labute approximate surface area is 211 Å². The number of carbonyl (C=O) groups is 2. The molecule has 2 heterocycles. The lowest BCUT2D eigenvalue weighted by Crippen LogP contribution is -2.18. The lowest BCUT2D eigenvalue weighted by molar-refractivity contribution is 0.0958. The molecule has 0 saturated carbocycles. The van der Waals surface area contributed by atoms with Crippen LogP contribution in [0.25, 0.3) is 10.1 Å². The Hall–Kier alpha value is -4.51. The van der Waals surface area contributed by atoms with Crippen molar-refractivity contribution in [1.29, 1.82) is 0 Å². The Kier molecular flexibility index (Phi) is 7.40. The van der Waals surface area contributed by atoms with Gasteiger partial charge >= 0.3 is 6.03 Å². The molecule has 2 aromatic carbocycles. The highest BCUT2D eigenvalue weighted by molar-refractivity contribution is 7.23. The van der Waals surface area contributed by atoms with Gasteiger partial charge in [-0.2, -0.15) is 0 Å². The smallest absolute Gasteiger partial charge is 0.324 e. The second-order valence-corrected chi connectivity index (χ2v) is 8.45. The summed E-state index contributed by atoms with van der Waals surface area (Å²) in [5.41, 5.74) is 0.740. The summed E-state index contributed by atoms with van der Waals surface area (Å²) in [6.45, 7) is 0. The van der Waals surface area contributed by atoms with E-state index in [4.69, 9.17) is 18.9 Å². The fourth-order valence-corrected chi connectivity index (χ4v) is 4.41. The van der Waals surface area contributed by atoms with Crippen molar-refractivity contribution in [2.24, 2.45) is 0 Å². The van der Waals surface area contributed by atoms with Crippen LogP contribution in [0.1, 0.15) is 10.5 Å². The summed E-state index contributed by atoms with van der Waals surface area (Å²) < 4.78 is 22.8. The number of fused-ring (bicyclic) bond motifs is 1. The van der Waals surface area contributed by atoms with Gasteiger partial charge in [0.2, 0.25) is 5.75 Å². The van der Waals surface area contributed by atoms with Gasteiger partial charge in [0.15, 0.2) is 11.5 Å². The van der Waals surface area contributed by atoms with Crippen LogP contribution >= 0.6 is 11.3 Å². The average Bonchev–Trinajstić information content (AvgIpc) is 3.28. The Morgan fingerprint density at radius 2 is 1.58 bits per heavy atom. The molecule has 4 rings (SSSR count). The molecule has 0 radical (unpaired) electrons. The van der Waals surface area contributed by atoms with Crippen molar-refractivity contribution in [2.75, 3.05) is 39.0 Å². The number of urea groups is 1. The number of aromatic nitrogens is 1. The summed E-state index contributed by atoms with van der Waals surface area (Å²) in [6, 6.07) is 13.5. The maximum Gasteiger partial charge on any atom is 0.324 e. The zero-order valence-corrected chi connectivity index (χ0v) is 20.8. The number of benzene rings is 2. The van der Waals surface area contributed by atoms with Crippen LogP contribution in [0.4, 0.5) is 15.5 Å². The average molecular weight is 509 g/mol. The fourth-order valence-electron chi connectivity index (χ4n) is 3.43. The molecule has 0 aliphatic heterocycles. The number of hydrogen-bond donors (Lipinski definition) is 3. The third-order valence-corrected chi connectivity index (χ3v) is 6.09. The molecule has 10 nitrogen and oxygen atoms in total. The lowest BCUT2D eigenvalue weighted by Gasteiger charge is -2.14. The Morgan fingerprint density at radius 3 is 2.25 bits per heavy atom. The third-order valence-electron chi connectivity index (χ3n) is 5.08. The van der Waals surface area contributed by atoms with Crippen LogP contribution in [0.15, 0.2) is 54.7 Å². The van der Waals surface area contributed by atoms with Crippen LogP contribution < -0.4 is 34.9 Å². The molecular weight excluding hydrogens is 484 g/mol. The zero-order valence-electron chi connectivity index (χ0n) is 20.0. The zero-order chi connectivity index (χ0) is 25.7. The highest BCUT2D eigenvalue weighted by Crippen LogP contribution is 2.40. The molecule has 186 valence electrons. The van der Waals surface area contributed by atoms with Crippen molar-refractivity contribution in [3.05, 3.63) is 60.4 Å². The quantitative estimate of drug-likeness (QED) is 0.302. The second-order valence-electron chi connectivity index (χ2n) is 7.36. The summed E-state index contributed by atoms with van der Waals surface area (Å²) in [5, 5.41) is 9.74. The van der Waals surface area contributed by atoms with E-state index >= 15 is 0 Å². The molecule has 0 aliphatic rings. The van der Waals surface area contributed by atoms with Gasteiger partial charge in [-0.25, -0.2) is 4.79 Å². The van der Waals surface area contributed by atoms with E-state index in [1.165, 1.54) is 38.9 Å². The molecular formula is C25H24N4O6S. The molecule has 36 heavy (non-hydrogen) atoms. The fraction of sp³-hybridized carbons (Fsp3) is 0.160. The maximum absolute atomic E-state index is 12.6. The third kappa shape index (κ3) is 5.41. The van der Waals surface area contributed by atoms with Crippen LogP contribution in [0.3, 0.4) is 0 Å². The SMILES string of the molecule is CNC(=O)c1cc(Oc2ccc3cc(NC(=O)Nc4cc(OC)c(OC)c(OC)c4)sc3c2)ccn1. The van der Waals surface area contributed by atoms with Gasteiger partial charge in [-0.3, -0.25) is 15.1 Å². The van der Waals surface area contributed by atoms with E-state index in [1.807, 2.05) is 24.3 Å². The standard InChI is InChI=1S/C25H24N4O6S/c1-26-24(30)18-12-17(7-8-27-18)35-16-6-5-14-9-22(36-21(14)13-16)29-25(31)28-15-10-19(32-2)23(34-4)20(11-15)33-3/h5-13H,1-4H3,(H,26,30)(H2,28,29,31). The second kappa shape index (κ2) is 10.8. The molecule has 0 unspecified atom stereocenters. The molecule has 3 amide bonds. The van der Waals surface area contributed by atoms with Crippen LogP contribution in [-0.2, 0) is 0 Å². The molecule has 2 aromatic heterocycles. The summed E-state index contributed by atoms with van der Waals surface area (Å²) in [6.07, 6.45) is 1.51. The van der Waals surface area contributed by atoms with E-state index in [-0.39, 0.29) is 11.6 Å². The van der Waals surface area contributed by atoms with Crippen LogP contribution in [0.5, 0.6) is 28.7 Å². The number of hydrogen-bond acceptors (Lipinski definition) is 8. The number of ether oxygens (including phenoxy) is 4. The predicted octanol–water partition coefficient (Wildman–Crippen LogP) is 5.12. The van der Waals surface area contributed by atoms with Gasteiger partial charge in [0.05, 0.1) is 32.0 Å². The van der Waals surface area contributed by atoms with E-state index in [9.17, 15) is 9.59 Å². The number of amides is 3. The van der Waals surface area contributed by atoms with E-state index in [1.54, 1.807) is 31.3 Å². The number of rotatable bonds is 8. The van der Waals surface area contributed by atoms with Crippen molar-refractivity contribution in [2.45, 2.75) is 0 Å². The van der Waals surface area contributed by atoms with Gasteiger partial charge in [0.25, 0.3) is 5.91 Å². The van der Waals surface area contributed by atoms with Crippen LogP contribution in [0.2, 0.25) is 0 Å². The largest absolute Gasteiger partial charge is 0.493 e. The molecule has 0 spiro atoms. The first-order valence-electron chi connectivity index (χ1n) is 10.7. The van der Waals surface area contributed by atoms with E-state index in [2.05, 4.69) is 20.9 Å². The number of anilines is 2. The lowest BCUT2D eigenvalue weighted by atomic mass is 10.2. The maximum atomic E-state index is 12.6. The summed E-state index contributed by atoms with van der Waals surface area (Å²) >= 11 is 1.40. The number of thiophene rings is 1. The van der Waals surface area contributed by atoms with Gasteiger partial charge in [0, 0.05) is 36.1 Å². The molecule has 0 atom stereocenters. The first kappa shape index (κ1) is 24.6. The van der Waals surface area contributed by atoms with Crippen molar-refractivity contribution in [3.63, 3.8) is 0 Å². The Bertz CT molecular complexity index is 1400. The van der Waals surface area contributed by atoms with Gasteiger partial charge in [-0.15, -0.1) is 11.3 Å². The van der Waals surface area contributed by atoms with Crippen molar-refractivity contribution in [1.82, 2.24) is 10.3 Å². The first-order valence-corrected chi connectivity index (χ1v) is 11.5. The minimum absolute atomic E-state index is 0.261. The number of pyridine rings is 1. The topological polar surface area (TPSA) is 120 Å². The normalized spacial score (nSPS) is 10.4. The minimum Gasteiger partial charge on any atom is -0.493 e. The minimum atomic E-state index is -0.425. The van der Waals surface area contributed by atoms with Crippen LogP contribution in [-0.4, -0.2) is 45.3 Å². The van der Waals surface area contributed by atoms with E-state index in [0.717, 1.165) is 10.1 Å². The molecule has 0 saturated heterocycles. The predicted molar refractivity (Wildman–Crippen MR) is 138 cm³/mol. The summed E-state index contributed by atoms with van der Waals surface area (Å²) in [4.78, 5) is 28.5. The summed E-state index contributed by atoms with van der Waals surface area (Å²) in [7, 11) is 6.06. The van der Waals surface area contributed by atoms with Crippen molar-refractivity contribution in [3.8, 4) is 28.7 Å². The number of nitrogens with one attached hydrogen (secondary N) is 3. The highest BCUT2D eigenvalue weighted by Gasteiger charge is 2.15. The van der Waals surface area contributed by atoms with Gasteiger partial charge in [-0.1, -0.05) is 0 Å². The Balaban J connectivity index is 1.47.